The average Bonchev–Trinajstić information content (AvgIpc) is 3.55. The summed E-state index contributed by atoms with van der Waals surface area (Å²) in [6.07, 6.45) is 0.818. The Hall–Kier alpha value is -3.76. The second-order valence-corrected chi connectivity index (χ2v) is 9.68. The number of benzene rings is 2. The van der Waals surface area contributed by atoms with Crippen molar-refractivity contribution in [3.63, 3.8) is 0 Å². The Bertz CT molecular complexity index is 1230. The zero-order chi connectivity index (χ0) is 24.9. The van der Waals surface area contributed by atoms with E-state index in [4.69, 9.17) is 4.74 Å². The van der Waals surface area contributed by atoms with Crippen LogP contribution in [0.1, 0.15) is 28.8 Å². The minimum atomic E-state index is -0.593. The molecule has 2 saturated heterocycles. The molecule has 9 nitrogen and oxygen atoms in total. The number of nitrogens with one attached hydrogen (secondary N) is 3. The number of aromatic nitrogens is 1. The molecule has 2 aliphatic heterocycles. The van der Waals surface area contributed by atoms with Crippen molar-refractivity contribution in [3.05, 3.63) is 71.1 Å². The molecule has 36 heavy (non-hydrogen) atoms. The van der Waals surface area contributed by atoms with Crippen LogP contribution in [0.3, 0.4) is 0 Å². The largest absolute Gasteiger partial charge is 0.445 e. The van der Waals surface area contributed by atoms with Crippen molar-refractivity contribution in [1.82, 2.24) is 20.5 Å². The van der Waals surface area contributed by atoms with Gasteiger partial charge in [-0.25, -0.2) is 9.78 Å². The van der Waals surface area contributed by atoms with Gasteiger partial charge < -0.3 is 20.7 Å². The lowest BCUT2D eigenvalue weighted by Gasteiger charge is -2.27. The molecular weight excluding hydrogens is 478 g/mol. The molecule has 1 aromatic heterocycles. The van der Waals surface area contributed by atoms with Crippen LogP contribution in [0.5, 0.6) is 0 Å². The fourth-order valence-corrected chi connectivity index (χ4v) is 4.89. The summed E-state index contributed by atoms with van der Waals surface area (Å²) in [5.41, 5.74) is 3.04. The quantitative estimate of drug-likeness (QED) is 0.454. The Kier molecular flexibility index (Phi) is 7.24. The molecular formula is C26H27N5O4S. The molecule has 3 amide bonds. The SMILES string of the molecule is O=C(NC1CNC1)c1ccc(-c2csc(NC(=O)[C@@H]3CCCN3C(=O)OCc3ccccc3)n2)cc1. The van der Waals surface area contributed by atoms with Crippen molar-refractivity contribution in [2.24, 2.45) is 0 Å². The zero-order valence-electron chi connectivity index (χ0n) is 19.6. The van der Waals surface area contributed by atoms with Crippen molar-refractivity contribution in [3.8, 4) is 11.3 Å². The molecule has 0 aliphatic carbocycles. The second-order valence-electron chi connectivity index (χ2n) is 8.82. The van der Waals surface area contributed by atoms with Gasteiger partial charge in [-0.2, -0.15) is 0 Å². The first-order chi connectivity index (χ1) is 17.6. The predicted octanol–water partition coefficient (Wildman–Crippen LogP) is 3.25. The number of thiazole rings is 1. The van der Waals surface area contributed by atoms with Crippen molar-refractivity contribution in [1.29, 1.82) is 0 Å². The number of likely N-dealkylation sites (tertiary alicyclic amines) is 1. The summed E-state index contributed by atoms with van der Waals surface area (Å²) >= 11 is 1.31. The first kappa shape index (κ1) is 24.0. The molecule has 1 atom stereocenters. The average molecular weight is 506 g/mol. The lowest BCUT2D eigenvalue weighted by Crippen LogP contribution is -2.56. The van der Waals surface area contributed by atoms with Gasteiger partial charge >= 0.3 is 6.09 Å². The van der Waals surface area contributed by atoms with Gasteiger partial charge in [0.25, 0.3) is 5.91 Å². The lowest BCUT2D eigenvalue weighted by atomic mass is 10.1. The smallest absolute Gasteiger partial charge is 0.410 e. The topological polar surface area (TPSA) is 113 Å². The second kappa shape index (κ2) is 10.9. The summed E-state index contributed by atoms with van der Waals surface area (Å²) < 4.78 is 5.42. The summed E-state index contributed by atoms with van der Waals surface area (Å²) in [6.45, 7) is 2.24. The van der Waals surface area contributed by atoms with Crippen LogP contribution in [-0.4, -0.2) is 59.5 Å². The molecule has 3 N–H and O–H groups in total. The molecule has 5 rings (SSSR count). The summed E-state index contributed by atoms with van der Waals surface area (Å²) in [5, 5.41) is 11.3. The van der Waals surface area contributed by atoms with E-state index in [2.05, 4.69) is 20.9 Å². The Morgan fingerprint density at radius 3 is 2.58 bits per heavy atom. The Balaban J connectivity index is 1.16. The number of ether oxygens (including phenoxy) is 1. The van der Waals surface area contributed by atoms with Gasteiger partial charge in [0, 0.05) is 36.1 Å². The molecule has 0 radical (unpaired) electrons. The number of anilines is 1. The zero-order valence-corrected chi connectivity index (χ0v) is 20.4. The fraction of sp³-hybridized carbons (Fsp3) is 0.308. The fourth-order valence-electron chi connectivity index (χ4n) is 4.16. The first-order valence-electron chi connectivity index (χ1n) is 11.9. The van der Waals surface area contributed by atoms with E-state index < -0.39 is 12.1 Å². The van der Waals surface area contributed by atoms with Crippen LogP contribution >= 0.6 is 11.3 Å². The van der Waals surface area contributed by atoms with Gasteiger partial charge in [0.15, 0.2) is 5.13 Å². The van der Waals surface area contributed by atoms with Gasteiger partial charge in [0.05, 0.1) is 11.7 Å². The highest BCUT2D eigenvalue weighted by molar-refractivity contribution is 7.14. The normalized spacial score (nSPS) is 17.3. The van der Waals surface area contributed by atoms with Crippen molar-refractivity contribution in [2.45, 2.75) is 31.5 Å². The van der Waals surface area contributed by atoms with E-state index in [9.17, 15) is 14.4 Å². The molecule has 0 bridgehead atoms. The summed E-state index contributed by atoms with van der Waals surface area (Å²) in [4.78, 5) is 43.9. The lowest BCUT2D eigenvalue weighted by molar-refractivity contribution is -0.120. The molecule has 10 heteroatoms. The van der Waals surface area contributed by atoms with Gasteiger partial charge in [-0.05, 0) is 30.5 Å². The maximum atomic E-state index is 12.9. The Labute approximate surface area is 212 Å². The Morgan fingerprint density at radius 1 is 1.08 bits per heavy atom. The van der Waals surface area contributed by atoms with E-state index in [-0.39, 0.29) is 24.5 Å². The first-order valence-corrected chi connectivity index (χ1v) is 12.8. The van der Waals surface area contributed by atoms with Gasteiger partial charge in [-0.15, -0.1) is 11.3 Å². The van der Waals surface area contributed by atoms with Gasteiger partial charge in [-0.3, -0.25) is 14.5 Å². The highest BCUT2D eigenvalue weighted by atomic mass is 32.1. The summed E-state index contributed by atoms with van der Waals surface area (Å²) in [6, 6.07) is 16.3. The molecule has 2 aromatic carbocycles. The monoisotopic (exact) mass is 505 g/mol. The number of rotatable bonds is 7. The maximum absolute atomic E-state index is 12.9. The van der Waals surface area contributed by atoms with Crippen LogP contribution in [0.15, 0.2) is 60.0 Å². The predicted molar refractivity (Wildman–Crippen MR) is 137 cm³/mol. The molecule has 0 saturated carbocycles. The van der Waals surface area contributed by atoms with E-state index in [0.29, 0.717) is 29.4 Å². The van der Waals surface area contributed by atoms with Crippen LogP contribution in [0.2, 0.25) is 0 Å². The third kappa shape index (κ3) is 5.55. The molecule has 0 unspecified atom stereocenters. The standard InChI is InChI=1S/C26H27N5O4S/c32-23(28-20-13-27-14-20)19-10-8-18(9-11-19)21-16-36-25(29-21)30-24(33)22-7-4-12-31(22)26(34)35-15-17-5-2-1-3-6-17/h1-3,5-6,8-11,16,20,22,27H,4,7,12-15H2,(H,28,32)(H,29,30,33)/t22-/m0/s1. The van der Waals surface area contributed by atoms with E-state index in [0.717, 1.165) is 30.6 Å². The number of carbonyl (C=O) groups is 3. The number of carbonyl (C=O) groups excluding carboxylic acids is 3. The van der Waals surface area contributed by atoms with E-state index in [1.165, 1.54) is 16.2 Å². The van der Waals surface area contributed by atoms with Crippen LogP contribution in [0, 0.1) is 0 Å². The van der Waals surface area contributed by atoms with Crippen LogP contribution in [-0.2, 0) is 16.1 Å². The third-order valence-corrected chi connectivity index (χ3v) is 7.05. The molecule has 3 heterocycles. The highest BCUT2D eigenvalue weighted by Gasteiger charge is 2.35. The molecule has 0 spiro atoms. The van der Waals surface area contributed by atoms with Crippen LogP contribution < -0.4 is 16.0 Å². The van der Waals surface area contributed by atoms with Crippen molar-refractivity contribution < 1.29 is 19.1 Å². The van der Waals surface area contributed by atoms with Crippen LogP contribution in [0.4, 0.5) is 9.93 Å². The molecule has 3 aromatic rings. The van der Waals surface area contributed by atoms with Gasteiger partial charge in [0.1, 0.15) is 12.6 Å². The van der Waals surface area contributed by atoms with Gasteiger partial charge in [0.2, 0.25) is 5.91 Å². The molecule has 2 fully saturated rings. The third-order valence-electron chi connectivity index (χ3n) is 6.29. The minimum absolute atomic E-state index is 0.0947. The molecule has 186 valence electrons. The van der Waals surface area contributed by atoms with E-state index >= 15 is 0 Å². The van der Waals surface area contributed by atoms with E-state index in [1.54, 1.807) is 12.1 Å². The number of hydrogen-bond acceptors (Lipinski definition) is 7. The highest BCUT2D eigenvalue weighted by Crippen LogP contribution is 2.27. The molecule has 2 aliphatic rings. The van der Waals surface area contributed by atoms with Crippen LogP contribution in [0.25, 0.3) is 11.3 Å². The Morgan fingerprint density at radius 2 is 1.86 bits per heavy atom. The minimum Gasteiger partial charge on any atom is -0.445 e. The number of amides is 3. The van der Waals surface area contributed by atoms with Gasteiger partial charge in [-0.1, -0.05) is 42.5 Å². The number of nitrogens with zero attached hydrogens (tertiary/aromatic N) is 2. The summed E-state index contributed by atoms with van der Waals surface area (Å²) in [5.74, 6) is -0.370. The summed E-state index contributed by atoms with van der Waals surface area (Å²) in [7, 11) is 0. The number of hydrogen-bond donors (Lipinski definition) is 3. The van der Waals surface area contributed by atoms with E-state index in [1.807, 2.05) is 47.8 Å². The maximum Gasteiger partial charge on any atom is 0.410 e. The van der Waals surface area contributed by atoms with Crippen molar-refractivity contribution in [2.75, 3.05) is 25.0 Å². The van der Waals surface area contributed by atoms with Crippen molar-refractivity contribution >= 4 is 34.4 Å².